The van der Waals surface area contributed by atoms with Crippen LogP contribution in [-0.2, 0) is 6.42 Å². The van der Waals surface area contributed by atoms with Crippen molar-refractivity contribution in [1.29, 1.82) is 5.26 Å². The maximum atomic E-state index is 9.46. The van der Waals surface area contributed by atoms with Gasteiger partial charge in [-0.15, -0.1) is 0 Å². The van der Waals surface area contributed by atoms with Crippen LogP contribution in [0.5, 0.6) is 0 Å². The molecule has 1 heteroatoms. The molecule has 20 heavy (non-hydrogen) atoms. The van der Waals surface area contributed by atoms with Gasteiger partial charge in [-0.3, -0.25) is 0 Å². The van der Waals surface area contributed by atoms with Crippen molar-refractivity contribution in [3.8, 4) is 17.2 Å². The lowest BCUT2D eigenvalue weighted by Gasteiger charge is -2.13. The molecule has 0 bridgehead atoms. The number of nitrogens with zero attached hydrogens (tertiary/aromatic N) is 1. The van der Waals surface area contributed by atoms with Gasteiger partial charge in [-0.2, -0.15) is 5.26 Å². The van der Waals surface area contributed by atoms with E-state index in [1.807, 2.05) is 0 Å². The highest BCUT2D eigenvalue weighted by atomic mass is 14.3. The van der Waals surface area contributed by atoms with Crippen LogP contribution in [0.15, 0.2) is 36.4 Å². The maximum Gasteiger partial charge on any atom is 0.0715 e. The molecule has 0 aliphatic heterocycles. The van der Waals surface area contributed by atoms with Gasteiger partial charge in [0.2, 0.25) is 0 Å². The van der Waals surface area contributed by atoms with E-state index in [4.69, 9.17) is 0 Å². The Hall–Kier alpha value is -2.07. The van der Waals surface area contributed by atoms with E-state index < -0.39 is 0 Å². The fourth-order valence-electron chi connectivity index (χ4n) is 3.39. The van der Waals surface area contributed by atoms with Crippen molar-refractivity contribution in [3.05, 3.63) is 58.7 Å². The number of aryl methyl sites for hydroxylation is 1. The molecule has 0 radical (unpaired) electrons. The lowest BCUT2D eigenvalue weighted by atomic mass is 9.89. The molecular formula is C19H19N. The number of hydrogen-bond donors (Lipinski definition) is 0. The highest BCUT2D eigenvalue weighted by molar-refractivity contribution is 5.80. The van der Waals surface area contributed by atoms with Gasteiger partial charge < -0.3 is 0 Å². The average molecular weight is 261 g/mol. The third-order valence-corrected chi connectivity index (χ3v) is 4.32. The zero-order chi connectivity index (χ0) is 14.1. The van der Waals surface area contributed by atoms with E-state index in [0.717, 1.165) is 19.3 Å². The van der Waals surface area contributed by atoms with Crippen molar-refractivity contribution < 1.29 is 0 Å². The van der Waals surface area contributed by atoms with Crippen LogP contribution in [0.3, 0.4) is 0 Å². The molecule has 0 fully saturated rings. The minimum Gasteiger partial charge on any atom is -0.198 e. The van der Waals surface area contributed by atoms with Gasteiger partial charge in [-0.1, -0.05) is 49.7 Å². The van der Waals surface area contributed by atoms with E-state index in [1.165, 1.54) is 33.4 Å². The number of nitriles is 1. The van der Waals surface area contributed by atoms with Crippen LogP contribution in [0.1, 0.15) is 47.9 Å². The summed E-state index contributed by atoms with van der Waals surface area (Å²) in [7, 11) is 0. The van der Waals surface area contributed by atoms with Gasteiger partial charge >= 0.3 is 0 Å². The van der Waals surface area contributed by atoms with Gasteiger partial charge in [-0.05, 0) is 53.1 Å². The van der Waals surface area contributed by atoms with Gasteiger partial charge in [0.15, 0.2) is 0 Å². The molecule has 1 atom stereocenters. The summed E-state index contributed by atoms with van der Waals surface area (Å²) < 4.78 is 0. The van der Waals surface area contributed by atoms with E-state index in [-0.39, 0.29) is 5.92 Å². The zero-order valence-electron chi connectivity index (χ0n) is 12.1. The van der Waals surface area contributed by atoms with E-state index >= 15 is 0 Å². The van der Waals surface area contributed by atoms with Crippen LogP contribution >= 0.6 is 0 Å². The fraction of sp³-hybridized carbons (Fsp3) is 0.316. The number of benzene rings is 2. The first-order valence-corrected chi connectivity index (χ1v) is 7.36. The van der Waals surface area contributed by atoms with Crippen molar-refractivity contribution in [2.75, 3.05) is 0 Å². The third-order valence-electron chi connectivity index (χ3n) is 4.32. The second kappa shape index (κ2) is 5.13. The fourth-order valence-corrected chi connectivity index (χ4v) is 3.39. The Morgan fingerprint density at radius 1 is 1.20 bits per heavy atom. The smallest absolute Gasteiger partial charge is 0.0715 e. The second-order valence-electron chi connectivity index (χ2n) is 5.63. The maximum absolute atomic E-state index is 9.46. The Morgan fingerprint density at radius 3 is 2.75 bits per heavy atom. The van der Waals surface area contributed by atoms with Gasteiger partial charge in [0, 0.05) is 0 Å². The van der Waals surface area contributed by atoms with Crippen molar-refractivity contribution in [3.63, 3.8) is 0 Å². The van der Waals surface area contributed by atoms with Crippen LogP contribution in [-0.4, -0.2) is 0 Å². The SMILES string of the molecule is CCCC(C#N)c1cccc2c1Cc1cccc(C)c1-2. The first-order valence-electron chi connectivity index (χ1n) is 7.36. The molecule has 3 rings (SSSR count). The largest absolute Gasteiger partial charge is 0.198 e. The molecule has 1 nitrogen and oxygen atoms in total. The monoisotopic (exact) mass is 261 g/mol. The predicted octanol–water partition coefficient (Wildman–Crippen LogP) is 4.97. The average Bonchev–Trinajstić information content (AvgIpc) is 2.84. The standard InChI is InChI=1S/C19H19N/c1-3-6-15(12-20)16-9-5-10-17-18(16)11-14-8-4-7-13(2)19(14)17/h4-5,7-10,15H,3,6,11H2,1-2H3. The summed E-state index contributed by atoms with van der Waals surface area (Å²) in [6.45, 7) is 4.32. The van der Waals surface area contributed by atoms with Crippen molar-refractivity contribution >= 4 is 0 Å². The summed E-state index contributed by atoms with van der Waals surface area (Å²) in [4.78, 5) is 0. The predicted molar refractivity (Wildman–Crippen MR) is 82.7 cm³/mol. The summed E-state index contributed by atoms with van der Waals surface area (Å²) in [6.07, 6.45) is 2.97. The topological polar surface area (TPSA) is 23.8 Å². The Morgan fingerprint density at radius 2 is 2.00 bits per heavy atom. The lowest BCUT2D eigenvalue weighted by molar-refractivity contribution is 0.722. The lowest BCUT2D eigenvalue weighted by Crippen LogP contribution is -2.00. The van der Waals surface area contributed by atoms with Crippen molar-refractivity contribution in [1.82, 2.24) is 0 Å². The molecule has 2 aromatic carbocycles. The molecule has 1 unspecified atom stereocenters. The van der Waals surface area contributed by atoms with E-state index in [2.05, 4.69) is 56.3 Å². The zero-order valence-corrected chi connectivity index (χ0v) is 12.1. The normalized spacial score (nSPS) is 13.4. The summed E-state index contributed by atoms with van der Waals surface area (Å²) in [5.41, 5.74) is 8.08. The number of rotatable bonds is 3. The minimum atomic E-state index is 0.0320. The van der Waals surface area contributed by atoms with E-state index in [9.17, 15) is 5.26 Å². The highest BCUT2D eigenvalue weighted by Gasteiger charge is 2.24. The quantitative estimate of drug-likeness (QED) is 0.652. The van der Waals surface area contributed by atoms with Crippen LogP contribution < -0.4 is 0 Å². The highest BCUT2D eigenvalue weighted by Crippen LogP contribution is 2.42. The van der Waals surface area contributed by atoms with Crippen LogP contribution in [0, 0.1) is 18.3 Å². The van der Waals surface area contributed by atoms with E-state index in [0.29, 0.717) is 0 Å². The Balaban J connectivity index is 2.15. The number of hydrogen-bond acceptors (Lipinski definition) is 1. The molecule has 1 aliphatic rings. The second-order valence-corrected chi connectivity index (χ2v) is 5.63. The van der Waals surface area contributed by atoms with Crippen molar-refractivity contribution in [2.45, 2.75) is 39.0 Å². The molecule has 0 saturated carbocycles. The molecule has 0 saturated heterocycles. The van der Waals surface area contributed by atoms with Crippen LogP contribution in [0.2, 0.25) is 0 Å². The Kier molecular flexibility index (Phi) is 3.32. The first-order chi connectivity index (χ1) is 9.76. The van der Waals surface area contributed by atoms with Crippen LogP contribution in [0.25, 0.3) is 11.1 Å². The molecule has 2 aromatic rings. The molecule has 0 aromatic heterocycles. The van der Waals surface area contributed by atoms with Crippen LogP contribution in [0.4, 0.5) is 0 Å². The molecule has 0 heterocycles. The summed E-state index contributed by atoms with van der Waals surface area (Å²) in [5.74, 6) is 0.0320. The summed E-state index contributed by atoms with van der Waals surface area (Å²) >= 11 is 0. The molecule has 1 aliphatic carbocycles. The summed E-state index contributed by atoms with van der Waals surface area (Å²) in [5, 5.41) is 9.46. The first kappa shape index (κ1) is 12.9. The molecule has 0 N–H and O–H groups in total. The van der Waals surface area contributed by atoms with Gasteiger partial charge in [0.25, 0.3) is 0 Å². The third kappa shape index (κ3) is 1.93. The molecular weight excluding hydrogens is 242 g/mol. The van der Waals surface area contributed by atoms with Gasteiger partial charge in [-0.25, -0.2) is 0 Å². The number of fused-ring (bicyclic) bond motifs is 3. The molecule has 0 spiro atoms. The van der Waals surface area contributed by atoms with Gasteiger partial charge in [0.05, 0.1) is 12.0 Å². The summed E-state index contributed by atoms with van der Waals surface area (Å²) in [6, 6.07) is 15.5. The Bertz CT molecular complexity index is 691. The Labute approximate surface area is 120 Å². The van der Waals surface area contributed by atoms with E-state index in [1.54, 1.807) is 0 Å². The molecule has 0 amide bonds. The van der Waals surface area contributed by atoms with Gasteiger partial charge in [0.1, 0.15) is 0 Å². The van der Waals surface area contributed by atoms with Crippen molar-refractivity contribution in [2.24, 2.45) is 0 Å². The minimum absolute atomic E-state index is 0.0320. The molecule has 100 valence electrons.